The topological polar surface area (TPSA) is 50.4 Å². The molecule has 1 saturated heterocycles. The molecule has 1 aliphatic heterocycles. The van der Waals surface area contributed by atoms with Crippen LogP contribution in [0.25, 0.3) is 0 Å². The van der Waals surface area contributed by atoms with Crippen LogP contribution >= 0.6 is 12.4 Å². The second-order valence-electron chi connectivity index (χ2n) is 4.67. The Morgan fingerprint density at radius 2 is 2.24 bits per heavy atom. The van der Waals surface area contributed by atoms with Gasteiger partial charge in [-0.1, -0.05) is 6.07 Å². The minimum atomic E-state index is -2.87. The molecule has 21 heavy (non-hydrogen) atoms. The molecule has 1 aromatic carbocycles. The van der Waals surface area contributed by atoms with Crippen LogP contribution in [0.4, 0.5) is 13.2 Å². The quantitative estimate of drug-likeness (QED) is 0.889. The van der Waals surface area contributed by atoms with Crippen LogP contribution in [-0.4, -0.2) is 31.5 Å². The number of nitrogens with one attached hydrogen (secondary N) is 2. The minimum Gasteiger partial charge on any atom is -0.497 e. The Hall–Kier alpha value is -1.47. The van der Waals surface area contributed by atoms with Crippen LogP contribution in [0, 0.1) is 5.82 Å². The smallest absolute Gasteiger partial charge is 0.262 e. The van der Waals surface area contributed by atoms with Crippen molar-refractivity contribution in [1.29, 1.82) is 0 Å². The molecule has 0 saturated carbocycles. The van der Waals surface area contributed by atoms with Crippen molar-refractivity contribution in [1.82, 2.24) is 10.6 Å². The van der Waals surface area contributed by atoms with Gasteiger partial charge in [-0.15, -0.1) is 12.4 Å². The molecule has 1 aromatic rings. The van der Waals surface area contributed by atoms with Gasteiger partial charge >= 0.3 is 0 Å². The van der Waals surface area contributed by atoms with E-state index < -0.39 is 36.7 Å². The van der Waals surface area contributed by atoms with Crippen LogP contribution in [0.5, 0.6) is 5.75 Å². The van der Waals surface area contributed by atoms with Crippen molar-refractivity contribution in [3.05, 3.63) is 29.6 Å². The third kappa shape index (κ3) is 4.50. The Bertz CT molecular complexity index is 514. The lowest BCUT2D eigenvalue weighted by Crippen LogP contribution is -2.40. The molecule has 0 aliphatic carbocycles. The molecule has 2 N–H and O–H groups in total. The summed E-state index contributed by atoms with van der Waals surface area (Å²) in [7, 11) is 1.42. The van der Waals surface area contributed by atoms with E-state index in [1.54, 1.807) is 6.07 Å². The van der Waals surface area contributed by atoms with Crippen LogP contribution in [0.2, 0.25) is 0 Å². The fourth-order valence-corrected chi connectivity index (χ4v) is 2.00. The van der Waals surface area contributed by atoms with Gasteiger partial charge in [-0.25, -0.2) is 13.2 Å². The zero-order chi connectivity index (χ0) is 14.8. The normalized spacial score (nSPS) is 19.7. The van der Waals surface area contributed by atoms with Gasteiger partial charge in [0.1, 0.15) is 11.6 Å². The molecule has 2 rings (SSSR count). The number of hydrogen-bond acceptors (Lipinski definition) is 3. The van der Waals surface area contributed by atoms with E-state index in [1.807, 2.05) is 0 Å². The molecule has 0 aromatic heterocycles. The van der Waals surface area contributed by atoms with Gasteiger partial charge in [-0.3, -0.25) is 10.1 Å². The second-order valence-corrected chi connectivity index (χ2v) is 4.67. The van der Waals surface area contributed by atoms with E-state index in [9.17, 15) is 18.0 Å². The summed E-state index contributed by atoms with van der Waals surface area (Å²) in [6.07, 6.45) is -0.538. The molecule has 0 spiro atoms. The predicted octanol–water partition coefficient (Wildman–Crippen LogP) is 1.87. The Labute approximate surface area is 126 Å². The molecule has 8 heteroatoms. The van der Waals surface area contributed by atoms with Crippen molar-refractivity contribution >= 4 is 18.3 Å². The molecule has 1 amide bonds. The van der Waals surface area contributed by atoms with Crippen molar-refractivity contribution in [2.75, 3.05) is 13.7 Å². The number of methoxy groups -OCH3 is 1. The summed E-state index contributed by atoms with van der Waals surface area (Å²) in [6, 6.07) is 3.30. The first-order chi connectivity index (χ1) is 9.41. The number of carbonyl (C=O) groups is 1. The van der Waals surface area contributed by atoms with Crippen molar-refractivity contribution in [3.8, 4) is 5.75 Å². The van der Waals surface area contributed by atoms with Gasteiger partial charge in [-0.2, -0.15) is 0 Å². The predicted molar refractivity (Wildman–Crippen MR) is 73.4 cm³/mol. The highest BCUT2D eigenvalue weighted by Gasteiger charge is 2.42. The van der Waals surface area contributed by atoms with Gasteiger partial charge in [-0.05, 0) is 6.07 Å². The van der Waals surface area contributed by atoms with E-state index in [1.165, 1.54) is 19.2 Å². The number of ether oxygens (including phenoxy) is 1. The number of amides is 1. The summed E-state index contributed by atoms with van der Waals surface area (Å²) in [5.41, 5.74) is 0.268. The average molecular weight is 325 g/mol. The molecule has 1 heterocycles. The van der Waals surface area contributed by atoms with Crippen LogP contribution < -0.4 is 15.4 Å². The fraction of sp³-hybridized carbons (Fsp3) is 0.462. The van der Waals surface area contributed by atoms with Crippen LogP contribution in [0.1, 0.15) is 12.0 Å². The van der Waals surface area contributed by atoms with E-state index in [4.69, 9.17) is 4.74 Å². The van der Waals surface area contributed by atoms with Crippen molar-refractivity contribution < 1.29 is 22.7 Å². The summed E-state index contributed by atoms with van der Waals surface area (Å²) < 4.78 is 44.4. The van der Waals surface area contributed by atoms with Crippen molar-refractivity contribution in [2.24, 2.45) is 0 Å². The molecule has 0 radical (unpaired) electrons. The first-order valence-corrected chi connectivity index (χ1v) is 6.12. The van der Waals surface area contributed by atoms with E-state index in [-0.39, 0.29) is 24.5 Å². The molecule has 0 bridgehead atoms. The average Bonchev–Trinajstić information content (AvgIpc) is 2.77. The van der Waals surface area contributed by atoms with Gasteiger partial charge in [0.25, 0.3) is 5.92 Å². The highest BCUT2D eigenvalue weighted by atomic mass is 35.5. The van der Waals surface area contributed by atoms with Crippen molar-refractivity contribution in [3.63, 3.8) is 0 Å². The first-order valence-electron chi connectivity index (χ1n) is 6.12. The highest BCUT2D eigenvalue weighted by Crippen LogP contribution is 2.25. The zero-order valence-electron chi connectivity index (χ0n) is 11.3. The highest BCUT2D eigenvalue weighted by molar-refractivity contribution is 5.85. The van der Waals surface area contributed by atoms with E-state index in [0.717, 1.165) is 0 Å². The summed E-state index contributed by atoms with van der Waals surface area (Å²) in [5.74, 6) is -3.57. The van der Waals surface area contributed by atoms with Crippen LogP contribution in [0.3, 0.4) is 0 Å². The standard InChI is InChI=1S/C13H15F3N2O2.ClH/c1-20-9-3-2-8(10(14)4-9)6-17-12(19)11-5-13(15,16)7-18-11;/h2-4,11,18H,5-7H2,1H3,(H,17,19);1H. The van der Waals surface area contributed by atoms with Gasteiger partial charge in [0.2, 0.25) is 5.91 Å². The molecular formula is C13H16ClF3N2O2. The number of alkyl halides is 2. The maximum atomic E-state index is 13.6. The van der Waals surface area contributed by atoms with Gasteiger partial charge in [0, 0.05) is 24.6 Å². The molecule has 118 valence electrons. The van der Waals surface area contributed by atoms with E-state index >= 15 is 0 Å². The summed E-state index contributed by atoms with van der Waals surface area (Å²) in [5, 5.41) is 4.88. The van der Waals surface area contributed by atoms with E-state index in [0.29, 0.717) is 5.75 Å². The molecule has 1 fully saturated rings. The largest absolute Gasteiger partial charge is 0.497 e. The summed E-state index contributed by atoms with van der Waals surface area (Å²) in [4.78, 5) is 11.7. The fourth-order valence-electron chi connectivity index (χ4n) is 2.00. The third-order valence-corrected chi connectivity index (χ3v) is 3.14. The zero-order valence-corrected chi connectivity index (χ0v) is 12.1. The molecule has 4 nitrogen and oxygen atoms in total. The number of halogens is 4. The SMILES string of the molecule is COc1ccc(CNC(=O)C2CC(F)(F)CN2)c(F)c1.Cl. The molecular weight excluding hydrogens is 309 g/mol. The summed E-state index contributed by atoms with van der Waals surface area (Å²) >= 11 is 0. The van der Waals surface area contributed by atoms with Gasteiger partial charge in [0.15, 0.2) is 0 Å². The van der Waals surface area contributed by atoms with Gasteiger partial charge in [0.05, 0.1) is 19.7 Å². The molecule has 1 atom stereocenters. The van der Waals surface area contributed by atoms with Crippen LogP contribution in [0.15, 0.2) is 18.2 Å². The number of hydrogen-bond donors (Lipinski definition) is 2. The van der Waals surface area contributed by atoms with Gasteiger partial charge < -0.3 is 10.1 Å². The lowest BCUT2D eigenvalue weighted by Gasteiger charge is -2.12. The Morgan fingerprint density at radius 1 is 1.52 bits per heavy atom. The summed E-state index contributed by atoms with van der Waals surface area (Å²) in [6.45, 7) is -0.569. The minimum absolute atomic E-state index is 0. The second kappa shape index (κ2) is 7.00. The number of carbonyl (C=O) groups excluding carboxylic acids is 1. The number of rotatable bonds is 4. The Balaban J connectivity index is 0.00000220. The third-order valence-electron chi connectivity index (χ3n) is 3.14. The Kier molecular flexibility index (Phi) is 5.86. The lowest BCUT2D eigenvalue weighted by atomic mass is 10.1. The molecule has 1 unspecified atom stereocenters. The first kappa shape index (κ1) is 17.6. The lowest BCUT2D eigenvalue weighted by molar-refractivity contribution is -0.123. The van der Waals surface area contributed by atoms with Crippen molar-refractivity contribution in [2.45, 2.75) is 24.9 Å². The van der Waals surface area contributed by atoms with Crippen LogP contribution in [-0.2, 0) is 11.3 Å². The van der Waals surface area contributed by atoms with E-state index in [2.05, 4.69) is 10.6 Å². The maximum Gasteiger partial charge on any atom is 0.262 e. The molecule has 1 aliphatic rings. The Morgan fingerprint density at radius 3 is 2.76 bits per heavy atom. The monoisotopic (exact) mass is 324 g/mol. The number of benzene rings is 1. The maximum absolute atomic E-state index is 13.6.